The summed E-state index contributed by atoms with van der Waals surface area (Å²) in [6, 6.07) is 8.75. The van der Waals surface area contributed by atoms with Crippen molar-refractivity contribution in [1.29, 1.82) is 5.26 Å². The van der Waals surface area contributed by atoms with E-state index < -0.39 is 0 Å². The third-order valence-electron chi connectivity index (χ3n) is 1.48. The van der Waals surface area contributed by atoms with E-state index in [0.717, 1.165) is 0 Å². The Morgan fingerprint density at radius 1 is 1.27 bits per heavy atom. The minimum atomic E-state index is 0.591. The van der Waals surface area contributed by atoms with Gasteiger partial charge in [-0.3, -0.25) is 0 Å². The molecule has 0 saturated carbocycles. The lowest BCUT2D eigenvalue weighted by Gasteiger charge is -1.89. The average Bonchev–Trinajstić information content (AvgIpc) is 2.30. The zero-order valence-corrected chi connectivity index (χ0v) is 8.20. The minimum absolute atomic E-state index is 0.591. The molecular formula is C10H9N5. The summed E-state index contributed by atoms with van der Waals surface area (Å²) in [5.74, 6) is 0. The first kappa shape index (κ1) is 10.7. The molecule has 0 atom stereocenters. The van der Waals surface area contributed by atoms with E-state index in [-0.39, 0.29) is 0 Å². The van der Waals surface area contributed by atoms with Crippen LogP contribution in [0.15, 0.2) is 44.7 Å². The van der Waals surface area contributed by atoms with Crippen molar-refractivity contribution in [3.05, 3.63) is 29.8 Å². The second-order valence-corrected chi connectivity index (χ2v) is 2.49. The highest BCUT2D eigenvalue weighted by Crippen LogP contribution is 2.12. The van der Waals surface area contributed by atoms with Crippen molar-refractivity contribution < 1.29 is 0 Å². The van der Waals surface area contributed by atoms with Crippen molar-refractivity contribution in [2.24, 2.45) is 20.4 Å². The Balaban J connectivity index is 2.62. The van der Waals surface area contributed by atoms with Crippen molar-refractivity contribution in [3.8, 4) is 6.07 Å². The first-order chi connectivity index (χ1) is 7.36. The third-order valence-corrected chi connectivity index (χ3v) is 1.48. The highest BCUT2D eigenvalue weighted by atomic mass is 15.4. The molecule has 0 aliphatic carbocycles. The molecule has 5 nitrogen and oxygen atoms in total. The molecule has 0 bridgehead atoms. The first-order valence-electron chi connectivity index (χ1n) is 4.27. The molecule has 0 saturated heterocycles. The fraction of sp³-hybridized carbons (Fsp3) is 0.100. The van der Waals surface area contributed by atoms with Gasteiger partial charge in [0, 0.05) is 6.21 Å². The highest BCUT2D eigenvalue weighted by Gasteiger charge is 1.89. The number of benzene rings is 1. The molecule has 15 heavy (non-hydrogen) atoms. The van der Waals surface area contributed by atoms with Crippen LogP contribution in [-0.4, -0.2) is 12.6 Å². The molecule has 0 unspecified atom stereocenters. The van der Waals surface area contributed by atoms with Crippen LogP contribution in [0.4, 0.5) is 5.69 Å². The van der Waals surface area contributed by atoms with Gasteiger partial charge in [0.2, 0.25) is 0 Å². The summed E-state index contributed by atoms with van der Waals surface area (Å²) in [7, 11) is 0. The fourth-order valence-electron chi connectivity index (χ4n) is 0.800. The maximum atomic E-state index is 8.56. The van der Waals surface area contributed by atoms with E-state index in [1.54, 1.807) is 37.4 Å². The molecule has 1 aromatic carbocycles. The van der Waals surface area contributed by atoms with Gasteiger partial charge in [0.15, 0.2) is 0 Å². The average molecular weight is 199 g/mol. The van der Waals surface area contributed by atoms with Gasteiger partial charge in [-0.25, -0.2) is 4.99 Å². The van der Waals surface area contributed by atoms with Crippen LogP contribution in [0, 0.1) is 11.3 Å². The van der Waals surface area contributed by atoms with E-state index in [4.69, 9.17) is 5.26 Å². The topological polar surface area (TPSA) is 73.2 Å². The maximum absolute atomic E-state index is 8.56. The minimum Gasteiger partial charge on any atom is -0.247 e. The van der Waals surface area contributed by atoms with Gasteiger partial charge < -0.3 is 0 Å². The van der Waals surface area contributed by atoms with Crippen LogP contribution in [0.2, 0.25) is 0 Å². The number of nitrogens with zero attached hydrogens (tertiary/aromatic N) is 5. The van der Waals surface area contributed by atoms with E-state index in [9.17, 15) is 0 Å². The summed E-state index contributed by atoms with van der Waals surface area (Å²) in [6.07, 6.45) is 2.90. The van der Waals surface area contributed by atoms with Crippen molar-refractivity contribution in [3.63, 3.8) is 0 Å². The van der Waals surface area contributed by atoms with Gasteiger partial charge >= 0.3 is 0 Å². The van der Waals surface area contributed by atoms with Gasteiger partial charge in [-0.1, -0.05) is 0 Å². The monoisotopic (exact) mass is 199 g/mol. The van der Waals surface area contributed by atoms with Gasteiger partial charge in [-0.2, -0.15) is 5.26 Å². The van der Waals surface area contributed by atoms with Crippen LogP contribution in [0.3, 0.4) is 0 Å². The molecule has 0 spiro atoms. The number of hydrogen-bond donors (Lipinski definition) is 0. The van der Waals surface area contributed by atoms with E-state index in [2.05, 4.69) is 20.4 Å². The van der Waals surface area contributed by atoms with Gasteiger partial charge in [0.05, 0.1) is 17.3 Å². The van der Waals surface area contributed by atoms with E-state index >= 15 is 0 Å². The molecule has 0 aliphatic rings. The molecule has 1 rings (SSSR count). The van der Waals surface area contributed by atoms with E-state index in [0.29, 0.717) is 11.3 Å². The predicted molar refractivity (Wildman–Crippen MR) is 58.3 cm³/mol. The van der Waals surface area contributed by atoms with Crippen LogP contribution in [0.1, 0.15) is 12.5 Å². The summed E-state index contributed by atoms with van der Waals surface area (Å²) in [6.45, 7) is 1.78. The molecule has 0 heterocycles. The van der Waals surface area contributed by atoms with Crippen molar-refractivity contribution in [1.82, 2.24) is 0 Å². The largest absolute Gasteiger partial charge is 0.247 e. The molecule has 1 aromatic rings. The smallest absolute Gasteiger partial charge is 0.139 e. The Labute approximate surface area is 87.5 Å². The zero-order chi connectivity index (χ0) is 10.9. The Hall–Kier alpha value is -2.35. The Kier molecular flexibility index (Phi) is 4.40. The van der Waals surface area contributed by atoms with E-state index in [1.807, 2.05) is 6.07 Å². The summed E-state index contributed by atoms with van der Waals surface area (Å²) >= 11 is 0. The van der Waals surface area contributed by atoms with Crippen LogP contribution < -0.4 is 0 Å². The summed E-state index contributed by atoms with van der Waals surface area (Å²) in [4.78, 5) is 3.72. The van der Waals surface area contributed by atoms with Gasteiger partial charge in [0.1, 0.15) is 6.34 Å². The van der Waals surface area contributed by atoms with Crippen LogP contribution in [0.5, 0.6) is 0 Å². The Morgan fingerprint density at radius 3 is 2.60 bits per heavy atom. The Bertz CT molecular complexity index is 422. The highest BCUT2D eigenvalue weighted by molar-refractivity contribution is 5.70. The quantitative estimate of drug-likeness (QED) is 0.319. The number of rotatable bonds is 3. The molecule has 74 valence electrons. The van der Waals surface area contributed by atoms with Crippen molar-refractivity contribution in [2.75, 3.05) is 0 Å². The standard InChI is InChI=1S/C10H9N5/c1-2-12-8-13-15-14-10-5-3-9(7-11)4-6-10/h2-6,8H,1H3/b12-2?,13-8-,15-14?. The molecule has 0 aromatic heterocycles. The number of aliphatic imine (C=N–C) groups is 1. The summed E-state index contributed by atoms with van der Waals surface area (Å²) in [5.41, 5.74) is 1.24. The normalized spacial score (nSPS) is 11.5. The summed E-state index contributed by atoms with van der Waals surface area (Å²) < 4.78 is 0. The van der Waals surface area contributed by atoms with Crippen molar-refractivity contribution in [2.45, 2.75) is 6.92 Å². The number of nitriles is 1. The number of hydrogen-bond acceptors (Lipinski definition) is 3. The molecular weight excluding hydrogens is 190 g/mol. The zero-order valence-electron chi connectivity index (χ0n) is 8.20. The lowest BCUT2D eigenvalue weighted by atomic mass is 10.2. The summed E-state index contributed by atoms with van der Waals surface area (Å²) in [5, 5.41) is 19.5. The second-order valence-electron chi connectivity index (χ2n) is 2.49. The maximum Gasteiger partial charge on any atom is 0.139 e. The van der Waals surface area contributed by atoms with Crippen molar-refractivity contribution >= 4 is 18.2 Å². The molecule has 0 fully saturated rings. The fourth-order valence-corrected chi connectivity index (χ4v) is 0.800. The lowest BCUT2D eigenvalue weighted by molar-refractivity contribution is 1.06. The SMILES string of the molecule is CC=N/C=N\N=Nc1ccc(C#N)cc1. The molecule has 0 N–H and O–H groups in total. The second kappa shape index (κ2) is 6.16. The Morgan fingerprint density at radius 2 is 2.00 bits per heavy atom. The third kappa shape index (κ3) is 3.91. The predicted octanol–water partition coefficient (Wildman–Crippen LogP) is 2.68. The molecule has 5 heteroatoms. The molecule has 0 aliphatic heterocycles. The van der Waals surface area contributed by atoms with Gasteiger partial charge in [-0.15, -0.1) is 10.2 Å². The van der Waals surface area contributed by atoms with Gasteiger partial charge in [-0.05, 0) is 36.4 Å². The van der Waals surface area contributed by atoms with Crippen LogP contribution in [0.25, 0.3) is 0 Å². The lowest BCUT2D eigenvalue weighted by Crippen LogP contribution is -1.70. The van der Waals surface area contributed by atoms with Crippen LogP contribution in [-0.2, 0) is 0 Å². The van der Waals surface area contributed by atoms with E-state index in [1.165, 1.54) is 6.34 Å². The first-order valence-corrected chi connectivity index (χ1v) is 4.27. The molecule has 0 radical (unpaired) electrons. The van der Waals surface area contributed by atoms with Gasteiger partial charge in [0.25, 0.3) is 0 Å². The molecule has 0 amide bonds. The van der Waals surface area contributed by atoms with Crippen LogP contribution >= 0.6 is 0 Å².